The van der Waals surface area contributed by atoms with E-state index in [1.807, 2.05) is 19.1 Å². The fourth-order valence-electron chi connectivity index (χ4n) is 1.86. The van der Waals surface area contributed by atoms with Crippen molar-refractivity contribution < 1.29 is 4.74 Å². The molecule has 82 valence electrons. The third-order valence-electron chi connectivity index (χ3n) is 3.09. The van der Waals surface area contributed by atoms with Crippen LogP contribution in [0.3, 0.4) is 0 Å². The van der Waals surface area contributed by atoms with E-state index >= 15 is 0 Å². The van der Waals surface area contributed by atoms with Crippen LogP contribution in [0.5, 0.6) is 5.75 Å². The highest BCUT2D eigenvalue weighted by atomic mass is 35.5. The van der Waals surface area contributed by atoms with Crippen molar-refractivity contribution in [1.82, 2.24) is 0 Å². The van der Waals surface area contributed by atoms with Gasteiger partial charge >= 0.3 is 0 Å². The summed E-state index contributed by atoms with van der Waals surface area (Å²) < 4.78 is 5.47. The van der Waals surface area contributed by atoms with Crippen molar-refractivity contribution in [2.45, 2.75) is 25.2 Å². The Bertz CT molecular complexity index is 361. The van der Waals surface area contributed by atoms with Crippen LogP contribution in [0.1, 0.15) is 25.3 Å². The Morgan fingerprint density at radius 1 is 1.47 bits per heavy atom. The van der Waals surface area contributed by atoms with Crippen molar-refractivity contribution in [2.75, 3.05) is 13.2 Å². The molecule has 2 N–H and O–H groups in total. The second kappa shape index (κ2) is 4.03. The van der Waals surface area contributed by atoms with Gasteiger partial charge in [-0.3, -0.25) is 0 Å². The molecule has 1 saturated carbocycles. The first-order valence-electron chi connectivity index (χ1n) is 5.35. The molecule has 2 rings (SSSR count). The van der Waals surface area contributed by atoms with Gasteiger partial charge in [-0.05, 0) is 37.5 Å². The van der Waals surface area contributed by atoms with Crippen molar-refractivity contribution in [1.29, 1.82) is 0 Å². The monoisotopic (exact) mass is 225 g/mol. The summed E-state index contributed by atoms with van der Waals surface area (Å²) in [5.74, 6) is 0.774. The lowest BCUT2D eigenvalue weighted by Gasteiger charge is -2.15. The van der Waals surface area contributed by atoms with Gasteiger partial charge in [0, 0.05) is 12.0 Å². The standard InChI is InChI=1S/C12H16ClNO/c1-2-15-11-7-9(3-4-10(11)13)12(8-14)5-6-12/h3-4,7H,2,5-6,8,14H2,1H3. The van der Waals surface area contributed by atoms with Crippen molar-refractivity contribution in [3.8, 4) is 5.75 Å². The maximum absolute atomic E-state index is 6.03. The fraction of sp³-hybridized carbons (Fsp3) is 0.500. The van der Waals surface area contributed by atoms with Crippen LogP contribution in [0, 0.1) is 0 Å². The van der Waals surface area contributed by atoms with Gasteiger partial charge in [-0.25, -0.2) is 0 Å². The summed E-state index contributed by atoms with van der Waals surface area (Å²) in [5.41, 5.74) is 7.26. The maximum Gasteiger partial charge on any atom is 0.138 e. The summed E-state index contributed by atoms with van der Waals surface area (Å²) in [7, 11) is 0. The number of ether oxygens (including phenoxy) is 1. The predicted octanol–water partition coefficient (Wildman–Crippen LogP) is 2.73. The summed E-state index contributed by atoms with van der Waals surface area (Å²) in [4.78, 5) is 0. The number of rotatable bonds is 4. The number of hydrogen-bond donors (Lipinski definition) is 1. The first-order valence-corrected chi connectivity index (χ1v) is 5.72. The Morgan fingerprint density at radius 3 is 2.73 bits per heavy atom. The van der Waals surface area contributed by atoms with Gasteiger partial charge in [-0.2, -0.15) is 0 Å². The smallest absolute Gasteiger partial charge is 0.138 e. The van der Waals surface area contributed by atoms with Gasteiger partial charge in [0.25, 0.3) is 0 Å². The summed E-state index contributed by atoms with van der Waals surface area (Å²) in [6.07, 6.45) is 2.35. The van der Waals surface area contributed by atoms with E-state index < -0.39 is 0 Å². The van der Waals surface area contributed by atoms with E-state index in [-0.39, 0.29) is 5.41 Å². The lowest BCUT2D eigenvalue weighted by molar-refractivity contribution is 0.340. The Hall–Kier alpha value is -0.730. The zero-order valence-corrected chi connectivity index (χ0v) is 9.68. The molecule has 1 fully saturated rings. The topological polar surface area (TPSA) is 35.2 Å². The van der Waals surface area contributed by atoms with E-state index in [0.717, 1.165) is 5.75 Å². The van der Waals surface area contributed by atoms with Gasteiger partial charge in [0.2, 0.25) is 0 Å². The van der Waals surface area contributed by atoms with Crippen LogP contribution in [0.2, 0.25) is 5.02 Å². The highest BCUT2D eigenvalue weighted by Crippen LogP contribution is 2.48. The van der Waals surface area contributed by atoms with Crippen molar-refractivity contribution in [3.05, 3.63) is 28.8 Å². The average molecular weight is 226 g/mol. The minimum Gasteiger partial charge on any atom is -0.492 e. The Kier molecular flexibility index (Phi) is 2.89. The van der Waals surface area contributed by atoms with E-state index in [2.05, 4.69) is 6.07 Å². The van der Waals surface area contributed by atoms with Gasteiger partial charge in [-0.1, -0.05) is 17.7 Å². The van der Waals surface area contributed by atoms with E-state index in [1.54, 1.807) is 0 Å². The molecule has 2 nitrogen and oxygen atoms in total. The lowest BCUT2D eigenvalue weighted by Crippen LogP contribution is -2.19. The molecule has 1 aromatic rings. The van der Waals surface area contributed by atoms with Gasteiger partial charge in [0.15, 0.2) is 0 Å². The summed E-state index contributed by atoms with van der Waals surface area (Å²) in [5, 5.41) is 0.674. The van der Waals surface area contributed by atoms with Crippen molar-refractivity contribution in [3.63, 3.8) is 0 Å². The first-order chi connectivity index (χ1) is 7.22. The van der Waals surface area contributed by atoms with Crippen LogP contribution in [0.15, 0.2) is 18.2 Å². The molecule has 0 aliphatic heterocycles. The first kappa shape index (κ1) is 10.8. The molecule has 0 aromatic heterocycles. The van der Waals surface area contributed by atoms with Crippen LogP contribution in [0.4, 0.5) is 0 Å². The van der Waals surface area contributed by atoms with E-state index in [4.69, 9.17) is 22.1 Å². The molecule has 1 aromatic carbocycles. The predicted molar refractivity (Wildman–Crippen MR) is 62.6 cm³/mol. The Labute approximate surface area is 95.4 Å². The lowest BCUT2D eigenvalue weighted by atomic mass is 9.96. The Morgan fingerprint density at radius 2 is 2.20 bits per heavy atom. The summed E-state index contributed by atoms with van der Waals surface area (Å²) >= 11 is 6.03. The largest absolute Gasteiger partial charge is 0.492 e. The summed E-state index contributed by atoms with van der Waals surface area (Å²) in [6, 6.07) is 5.99. The van der Waals surface area contributed by atoms with Crippen LogP contribution in [-0.4, -0.2) is 13.2 Å². The SMILES string of the molecule is CCOc1cc(C2(CN)CC2)ccc1Cl. The van der Waals surface area contributed by atoms with Crippen LogP contribution in [-0.2, 0) is 5.41 Å². The van der Waals surface area contributed by atoms with Crippen LogP contribution in [0.25, 0.3) is 0 Å². The molecule has 0 saturated heterocycles. The van der Waals surface area contributed by atoms with Gasteiger partial charge in [0.1, 0.15) is 5.75 Å². The number of benzene rings is 1. The van der Waals surface area contributed by atoms with Crippen LogP contribution < -0.4 is 10.5 Å². The second-order valence-electron chi connectivity index (χ2n) is 4.06. The molecule has 0 amide bonds. The van der Waals surface area contributed by atoms with E-state index in [1.165, 1.54) is 18.4 Å². The molecular weight excluding hydrogens is 210 g/mol. The minimum atomic E-state index is 0.205. The van der Waals surface area contributed by atoms with Gasteiger partial charge in [-0.15, -0.1) is 0 Å². The molecule has 15 heavy (non-hydrogen) atoms. The normalized spacial score (nSPS) is 17.5. The van der Waals surface area contributed by atoms with Crippen molar-refractivity contribution >= 4 is 11.6 Å². The molecule has 1 aliphatic carbocycles. The van der Waals surface area contributed by atoms with Gasteiger partial charge in [0.05, 0.1) is 11.6 Å². The number of hydrogen-bond acceptors (Lipinski definition) is 2. The highest BCUT2D eigenvalue weighted by Gasteiger charge is 2.43. The molecule has 0 heterocycles. The molecule has 1 aliphatic rings. The average Bonchev–Trinajstić information content (AvgIpc) is 3.02. The zero-order valence-electron chi connectivity index (χ0n) is 8.92. The van der Waals surface area contributed by atoms with E-state index in [9.17, 15) is 0 Å². The third kappa shape index (κ3) is 1.97. The van der Waals surface area contributed by atoms with Crippen LogP contribution >= 0.6 is 11.6 Å². The molecule has 0 atom stereocenters. The van der Waals surface area contributed by atoms with Gasteiger partial charge < -0.3 is 10.5 Å². The second-order valence-corrected chi connectivity index (χ2v) is 4.47. The molecular formula is C12H16ClNO. The zero-order chi connectivity index (χ0) is 10.9. The highest BCUT2D eigenvalue weighted by molar-refractivity contribution is 6.32. The maximum atomic E-state index is 6.03. The van der Waals surface area contributed by atoms with E-state index in [0.29, 0.717) is 18.2 Å². The molecule has 0 unspecified atom stereocenters. The minimum absolute atomic E-state index is 0.205. The molecule has 0 radical (unpaired) electrons. The number of halogens is 1. The number of nitrogens with two attached hydrogens (primary N) is 1. The fourth-order valence-corrected chi connectivity index (χ4v) is 2.03. The molecule has 0 bridgehead atoms. The molecule has 0 spiro atoms. The Balaban J connectivity index is 2.30. The third-order valence-corrected chi connectivity index (χ3v) is 3.40. The quantitative estimate of drug-likeness (QED) is 0.855. The summed E-state index contributed by atoms with van der Waals surface area (Å²) in [6.45, 7) is 3.30. The van der Waals surface area contributed by atoms with Crippen molar-refractivity contribution in [2.24, 2.45) is 5.73 Å². The molecule has 3 heteroatoms.